The molecule has 0 radical (unpaired) electrons. The van der Waals surface area contributed by atoms with E-state index >= 15 is 0 Å². The largest absolute Gasteiger partial charge is 0.466 e. The Labute approximate surface area is 177 Å². The van der Waals surface area contributed by atoms with E-state index in [2.05, 4.69) is 41.8 Å². The lowest BCUT2D eigenvalue weighted by Gasteiger charge is -2.17. The summed E-state index contributed by atoms with van der Waals surface area (Å²) >= 11 is 0. The van der Waals surface area contributed by atoms with E-state index in [9.17, 15) is 9.59 Å². The monoisotopic (exact) mass is 404 g/mol. The molecule has 0 atom stereocenters. The van der Waals surface area contributed by atoms with Crippen molar-refractivity contribution in [3.8, 4) is 16.9 Å². The van der Waals surface area contributed by atoms with Gasteiger partial charge in [0.2, 0.25) is 5.91 Å². The first-order valence-electron chi connectivity index (χ1n) is 10.3. The molecule has 0 aliphatic carbocycles. The van der Waals surface area contributed by atoms with Gasteiger partial charge >= 0.3 is 5.97 Å². The van der Waals surface area contributed by atoms with E-state index in [0.717, 1.165) is 34.6 Å². The number of hydrogen-bond acceptors (Lipinski definition) is 3. The molecule has 156 valence electrons. The minimum atomic E-state index is -0.449. The Balaban J connectivity index is 2.07. The lowest BCUT2D eigenvalue weighted by Crippen LogP contribution is -2.12. The van der Waals surface area contributed by atoms with Gasteiger partial charge in [0, 0.05) is 16.9 Å². The number of nitrogens with zero attached hydrogens (tertiary/aromatic N) is 1. The summed E-state index contributed by atoms with van der Waals surface area (Å²) in [6.45, 7) is 6.28. The van der Waals surface area contributed by atoms with Crippen LogP contribution >= 0.6 is 0 Å². The molecule has 0 saturated heterocycles. The van der Waals surface area contributed by atoms with E-state index in [1.807, 2.05) is 26.0 Å². The number of hydrogen-bond donors (Lipinski definition) is 1. The summed E-state index contributed by atoms with van der Waals surface area (Å²) in [7, 11) is 0. The molecule has 30 heavy (non-hydrogen) atoms. The zero-order valence-electron chi connectivity index (χ0n) is 17.8. The Hall–Kier alpha value is -3.34. The molecule has 2 aromatic carbocycles. The molecular formula is C25H28N2O3. The molecule has 5 heteroatoms. The number of aryl methyl sites for hydroxylation is 3. The highest BCUT2D eigenvalue weighted by atomic mass is 16.5. The molecule has 3 aromatic rings. The van der Waals surface area contributed by atoms with E-state index in [0.29, 0.717) is 25.0 Å². The maximum absolute atomic E-state index is 11.9. The molecular weight excluding hydrogens is 376 g/mol. The number of esters is 1. The molecule has 1 aromatic heterocycles. The highest BCUT2D eigenvalue weighted by Crippen LogP contribution is 2.30. The SMILES string of the molecule is CCOC(=O)CCc1ccc(-c2ccc(CC)cc2)n1-c1ccc(C(N)=O)cc1C. The molecule has 0 spiro atoms. The summed E-state index contributed by atoms with van der Waals surface area (Å²) in [6.07, 6.45) is 1.85. The smallest absolute Gasteiger partial charge is 0.306 e. The van der Waals surface area contributed by atoms with Crippen LogP contribution in [-0.4, -0.2) is 23.1 Å². The number of carbonyl (C=O) groups is 2. The van der Waals surface area contributed by atoms with Crippen LogP contribution in [0.4, 0.5) is 0 Å². The van der Waals surface area contributed by atoms with Crippen LogP contribution < -0.4 is 5.73 Å². The molecule has 1 heterocycles. The molecule has 0 bridgehead atoms. The topological polar surface area (TPSA) is 74.3 Å². The number of primary amides is 1. The first kappa shape index (κ1) is 21.4. The summed E-state index contributed by atoms with van der Waals surface area (Å²) in [4.78, 5) is 23.5. The number of amides is 1. The van der Waals surface area contributed by atoms with Crippen molar-refractivity contribution in [3.05, 3.63) is 77.0 Å². The van der Waals surface area contributed by atoms with Crippen molar-refractivity contribution in [2.45, 2.75) is 40.0 Å². The van der Waals surface area contributed by atoms with Gasteiger partial charge in [-0.2, -0.15) is 0 Å². The zero-order valence-corrected chi connectivity index (χ0v) is 17.8. The first-order valence-corrected chi connectivity index (χ1v) is 10.3. The van der Waals surface area contributed by atoms with Crippen LogP contribution in [0.1, 0.15) is 47.4 Å². The van der Waals surface area contributed by atoms with Crippen LogP contribution in [0.25, 0.3) is 16.9 Å². The third kappa shape index (κ3) is 4.62. The highest BCUT2D eigenvalue weighted by Gasteiger charge is 2.16. The molecule has 0 aliphatic heterocycles. The summed E-state index contributed by atoms with van der Waals surface area (Å²) in [5.74, 6) is -0.657. The number of carbonyl (C=O) groups excluding carboxylic acids is 2. The van der Waals surface area contributed by atoms with E-state index in [4.69, 9.17) is 10.5 Å². The standard InChI is InChI=1S/C25H28N2O3/c1-4-18-6-8-19(9-7-18)23-14-11-21(12-15-24(28)30-5-2)27(23)22-13-10-20(25(26)29)16-17(22)3/h6-11,13-14,16H,4-5,12,15H2,1-3H3,(H2,26,29). The van der Waals surface area contributed by atoms with Crippen molar-refractivity contribution >= 4 is 11.9 Å². The maximum Gasteiger partial charge on any atom is 0.306 e. The van der Waals surface area contributed by atoms with Crippen LogP contribution in [-0.2, 0) is 22.4 Å². The van der Waals surface area contributed by atoms with Gasteiger partial charge in [-0.25, -0.2) is 0 Å². The van der Waals surface area contributed by atoms with Crippen molar-refractivity contribution in [3.63, 3.8) is 0 Å². The van der Waals surface area contributed by atoms with Gasteiger partial charge in [-0.1, -0.05) is 31.2 Å². The molecule has 0 aliphatic rings. The number of benzene rings is 2. The normalized spacial score (nSPS) is 10.8. The van der Waals surface area contributed by atoms with Crippen LogP contribution in [0, 0.1) is 6.92 Å². The Morgan fingerprint density at radius 1 is 1.00 bits per heavy atom. The summed E-state index contributed by atoms with van der Waals surface area (Å²) < 4.78 is 7.25. The molecule has 0 saturated carbocycles. The lowest BCUT2D eigenvalue weighted by molar-refractivity contribution is -0.143. The molecule has 2 N–H and O–H groups in total. The number of nitrogens with two attached hydrogens (primary N) is 1. The second kappa shape index (κ2) is 9.44. The van der Waals surface area contributed by atoms with Crippen molar-refractivity contribution < 1.29 is 14.3 Å². The fourth-order valence-corrected chi connectivity index (χ4v) is 3.62. The van der Waals surface area contributed by atoms with E-state index < -0.39 is 5.91 Å². The third-order valence-corrected chi connectivity index (χ3v) is 5.23. The lowest BCUT2D eigenvalue weighted by atomic mass is 10.1. The third-order valence-electron chi connectivity index (χ3n) is 5.23. The predicted octanol–water partition coefficient (Wildman–Crippen LogP) is 4.61. The Morgan fingerprint density at radius 2 is 1.73 bits per heavy atom. The average Bonchev–Trinajstić information content (AvgIpc) is 3.16. The second-order valence-corrected chi connectivity index (χ2v) is 7.27. The van der Waals surface area contributed by atoms with Gasteiger partial charge in [-0.05, 0) is 73.7 Å². The summed E-state index contributed by atoms with van der Waals surface area (Å²) in [5.41, 5.74) is 12.2. The van der Waals surface area contributed by atoms with Crippen LogP contribution in [0.3, 0.4) is 0 Å². The van der Waals surface area contributed by atoms with Gasteiger partial charge in [-0.15, -0.1) is 0 Å². The van der Waals surface area contributed by atoms with Crippen LogP contribution in [0.2, 0.25) is 0 Å². The fraction of sp³-hybridized carbons (Fsp3) is 0.280. The van der Waals surface area contributed by atoms with Gasteiger partial charge in [0.15, 0.2) is 0 Å². The van der Waals surface area contributed by atoms with Crippen molar-refractivity contribution in [2.75, 3.05) is 6.61 Å². The van der Waals surface area contributed by atoms with Crippen molar-refractivity contribution in [1.29, 1.82) is 0 Å². The maximum atomic E-state index is 11.9. The van der Waals surface area contributed by atoms with Crippen LogP contribution in [0.5, 0.6) is 0 Å². The molecule has 1 amide bonds. The van der Waals surface area contributed by atoms with E-state index in [1.165, 1.54) is 5.56 Å². The van der Waals surface area contributed by atoms with Crippen molar-refractivity contribution in [1.82, 2.24) is 4.57 Å². The number of aromatic nitrogens is 1. The Morgan fingerprint density at radius 3 is 2.33 bits per heavy atom. The Kier molecular flexibility index (Phi) is 6.72. The molecule has 0 fully saturated rings. The van der Waals surface area contributed by atoms with E-state index in [-0.39, 0.29) is 5.97 Å². The average molecular weight is 405 g/mol. The predicted molar refractivity (Wildman–Crippen MR) is 119 cm³/mol. The Bertz CT molecular complexity index is 1050. The second-order valence-electron chi connectivity index (χ2n) is 7.27. The molecule has 3 rings (SSSR count). The van der Waals surface area contributed by atoms with Gasteiger partial charge in [0.25, 0.3) is 0 Å². The highest BCUT2D eigenvalue weighted by molar-refractivity contribution is 5.93. The zero-order chi connectivity index (χ0) is 21.7. The number of ether oxygens (including phenoxy) is 1. The van der Waals surface area contributed by atoms with Crippen molar-refractivity contribution in [2.24, 2.45) is 5.73 Å². The van der Waals surface area contributed by atoms with Gasteiger partial charge in [0.1, 0.15) is 0 Å². The minimum Gasteiger partial charge on any atom is -0.466 e. The molecule has 0 unspecified atom stereocenters. The summed E-state index contributed by atoms with van der Waals surface area (Å²) in [6, 6.07) is 18.1. The quantitative estimate of drug-likeness (QED) is 0.557. The van der Waals surface area contributed by atoms with Gasteiger partial charge in [-0.3, -0.25) is 9.59 Å². The minimum absolute atomic E-state index is 0.208. The van der Waals surface area contributed by atoms with E-state index in [1.54, 1.807) is 12.1 Å². The van der Waals surface area contributed by atoms with Gasteiger partial charge < -0.3 is 15.0 Å². The molecule has 5 nitrogen and oxygen atoms in total. The summed E-state index contributed by atoms with van der Waals surface area (Å²) in [5, 5.41) is 0. The van der Waals surface area contributed by atoms with Gasteiger partial charge in [0.05, 0.1) is 18.7 Å². The number of rotatable bonds is 8. The first-order chi connectivity index (χ1) is 14.4. The van der Waals surface area contributed by atoms with Crippen LogP contribution in [0.15, 0.2) is 54.6 Å². The fourth-order valence-electron chi connectivity index (χ4n) is 3.62.